The molecule has 0 saturated heterocycles. The van der Waals surface area contributed by atoms with E-state index in [1.807, 2.05) is 0 Å². The van der Waals surface area contributed by atoms with Crippen molar-refractivity contribution in [1.82, 2.24) is 5.32 Å². The minimum atomic E-state index is -0.0300. The van der Waals surface area contributed by atoms with Gasteiger partial charge in [0.2, 0.25) is 0 Å². The first-order chi connectivity index (χ1) is 6.86. The highest BCUT2D eigenvalue weighted by atomic mass is 16.3. The summed E-state index contributed by atoms with van der Waals surface area (Å²) in [7, 11) is 0. The van der Waals surface area contributed by atoms with Gasteiger partial charge < -0.3 is 10.4 Å². The molecule has 0 spiro atoms. The highest BCUT2D eigenvalue weighted by Gasteiger charge is 2.24. The van der Waals surface area contributed by atoms with Gasteiger partial charge in [0.1, 0.15) is 0 Å². The van der Waals surface area contributed by atoms with E-state index in [-0.39, 0.29) is 6.10 Å². The molecule has 0 unspecified atom stereocenters. The molecule has 82 valence electrons. The first kappa shape index (κ1) is 10.4. The Balaban J connectivity index is 1.67. The van der Waals surface area contributed by atoms with E-state index in [9.17, 15) is 5.11 Å². The predicted molar refractivity (Wildman–Crippen MR) is 58.2 cm³/mol. The SMILES string of the molecule is O[C@@H]1CCCC[C@H]1CNC1CCCC1. The van der Waals surface area contributed by atoms with Gasteiger partial charge in [-0.25, -0.2) is 0 Å². The smallest absolute Gasteiger partial charge is 0.0580 e. The Morgan fingerprint density at radius 3 is 2.29 bits per heavy atom. The quantitative estimate of drug-likeness (QED) is 0.726. The average Bonchev–Trinajstić information content (AvgIpc) is 2.69. The van der Waals surface area contributed by atoms with Gasteiger partial charge in [0, 0.05) is 12.6 Å². The lowest BCUT2D eigenvalue weighted by Gasteiger charge is -2.28. The van der Waals surface area contributed by atoms with E-state index >= 15 is 0 Å². The number of aliphatic hydroxyl groups is 1. The standard InChI is InChI=1S/C12H23NO/c14-12-8-4-1-5-10(12)9-13-11-6-2-3-7-11/h10-14H,1-9H2/t10-,12+/m0/s1. The Hall–Kier alpha value is -0.0800. The molecule has 14 heavy (non-hydrogen) atoms. The zero-order valence-electron chi connectivity index (χ0n) is 9.04. The number of rotatable bonds is 3. The van der Waals surface area contributed by atoms with Gasteiger partial charge in [-0.1, -0.05) is 25.7 Å². The van der Waals surface area contributed by atoms with Crippen molar-refractivity contribution >= 4 is 0 Å². The van der Waals surface area contributed by atoms with Gasteiger partial charge in [0.15, 0.2) is 0 Å². The largest absolute Gasteiger partial charge is 0.393 e. The minimum absolute atomic E-state index is 0.0300. The fourth-order valence-corrected chi connectivity index (χ4v) is 2.87. The molecule has 0 aliphatic heterocycles. The van der Waals surface area contributed by atoms with Gasteiger partial charge in [-0.3, -0.25) is 0 Å². The van der Waals surface area contributed by atoms with E-state index in [2.05, 4.69) is 5.32 Å². The number of hydrogen-bond donors (Lipinski definition) is 2. The van der Waals surface area contributed by atoms with E-state index in [1.54, 1.807) is 0 Å². The van der Waals surface area contributed by atoms with Crippen molar-refractivity contribution in [3.8, 4) is 0 Å². The molecule has 0 radical (unpaired) electrons. The normalized spacial score (nSPS) is 34.9. The molecule has 2 fully saturated rings. The summed E-state index contributed by atoms with van der Waals surface area (Å²) in [4.78, 5) is 0. The Labute approximate surface area is 87.1 Å². The van der Waals surface area contributed by atoms with Crippen LogP contribution in [0.3, 0.4) is 0 Å². The van der Waals surface area contributed by atoms with Crippen LogP contribution in [-0.4, -0.2) is 23.8 Å². The maximum Gasteiger partial charge on any atom is 0.0580 e. The van der Waals surface area contributed by atoms with Gasteiger partial charge in [0.25, 0.3) is 0 Å². The molecule has 2 saturated carbocycles. The van der Waals surface area contributed by atoms with Crippen molar-refractivity contribution < 1.29 is 5.11 Å². The molecule has 2 aliphatic carbocycles. The summed E-state index contributed by atoms with van der Waals surface area (Å²) in [6.45, 7) is 1.05. The van der Waals surface area contributed by atoms with Crippen molar-refractivity contribution in [2.75, 3.05) is 6.54 Å². The van der Waals surface area contributed by atoms with E-state index in [1.165, 1.54) is 44.9 Å². The summed E-state index contributed by atoms with van der Waals surface area (Å²) in [5.74, 6) is 0.532. The molecule has 2 nitrogen and oxygen atoms in total. The Morgan fingerprint density at radius 1 is 0.929 bits per heavy atom. The van der Waals surface area contributed by atoms with Crippen molar-refractivity contribution in [3.05, 3.63) is 0 Å². The second kappa shape index (κ2) is 5.13. The number of nitrogens with one attached hydrogen (secondary N) is 1. The third-order valence-electron chi connectivity index (χ3n) is 3.89. The minimum Gasteiger partial charge on any atom is -0.393 e. The predicted octanol–water partition coefficient (Wildman–Crippen LogP) is 2.07. The van der Waals surface area contributed by atoms with Crippen LogP contribution < -0.4 is 5.32 Å². The summed E-state index contributed by atoms with van der Waals surface area (Å²) in [5.41, 5.74) is 0. The van der Waals surface area contributed by atoms with Crippen LogP contribution in [0, 0.1) is 5.92 Å². The Bertz CT molecular complexity index is 166. The molecule has 2 aliphatic rings. The monoisotopic (exact) mass is 197 g/mol. The molecule has 2 N–H and O–H groups in total. The van der Waals surface area contributed by atoms with Crippen LogP contribution in [0.2, 0.25) is 0 Å². The summed E-state index contributed by atoms with van der Waals surface area (Å²) >= 11 is 0. The van der Waals surface area contributed by atoms with Crippen molar-refractivity contribution in [1.29, 1.82) is 0 Å². The molecule has 0 amide bonds. The number of hydrogen-bond acceptors (Lipinski definition) is 2. The van der Waals surface area contributed by atoms with Crippen LogP contribution in [0.1, 0.15) is 51.4 Å². The van der Waals surface area contributed by atoms with Crippen LogP contribution >= 0.6 is 0 Å². The molecular weight excluding hydrogens is 174 g/mol. The van der Waals surface area contributed by atoms with Crippen LogP contribution in [0.5, 0.6) is 0 Å². The molecule has 0 aromatic heterocycles. The van der Waals surface area contributed by atoms with Crippen LogP contribution in [0.25, 0.3) is 0 Å². The van der Waals surface area contributed by atoms with Gasteiger partial charge in [-0.15, -0.1) is 0 Å². The molecule has 0 heterocycles. The summed E-state index contributed by atoms with van der Waals surface area (Å²) in [6.07, 6.45) is 10.2. The fraction of sp³-hybridized carbons (Fsp3) is 1.00. The fourth-order valence-electron chi connectivity index (χ4n) is 2.87. The first-order valence-electron chi connectivity index (χ1n) is 6.28. The molecule has 2 atom stereocenters. The van der Waals surface area contributed by atoms with E-state index in [0.29, 0.717) is 5.92 Å². The van der Waals surface area contributed by atoms with Gasteiger partial charge in [0.05, 0.1) is 6.10 Å². The maximum atomic E-state index is 9.80. The van der Waals surface area contributed by atoms with Crippen LogP contribution in [0.4, 0.5) is 0 Å². The third kappa shape index (κ3) is 2.71. The molecule has 2 rings (SSSR count). The highest BCUT2D eigenvalue weighted by molar-refractivity contribution is 4.80. The van der Waals surface area contributed by atoms with Crippen LogP contribution in [0.15, 0.2) is 0 Å². The van der Waals surface area contributed by atoms with Gasteiger partial charge in [-0.2, -0.15) is 0 Å². The van der Waals surface area contributed by atoms with Crippen molar-refractivity contribution in [2.45, 2.75) is 63.5 Å². The third-order valence-corrected chi connectivity index (χ3v) is 3.89. The maximum absolute atomic E-state index is 9.80. The molecule has 0 aromatic rings. The van der Waals surface area contributed by atoms with Gasteiger partial charge in [-0.05, 0) is 31.6 Å². The first-order valence-corrected chi connectivity index (χ1v) is 6.28. The van der Waals surface area contributed by atoms with Crippen molar-refractivity contribution in [2.24, 2.45) is 5.92 Å². The second-order valence-corrected chi connectivity index (χ2v) is 5.00. The van der Waals surface area contributed by atoms with Crippen molar-refractivity contribution in [3.63, 3.8) is 0 Å². The molecule has 0 bridgehead atoms. The lowest BCUT2D eigenvalue weighted by atomic mass is 9.86. The Morgan fingerprint density at radius 2 is 1.57 bits per heavy atom. The Kier molecular flexibility index (Phi) is 3.82. The summed E-state index contributed by atoms with van der Waals surface area (Å²) in [5, 5.41) is 13.4. The summed E-state index contributed by atoms with van der Waals surface area (Å²) < 4.78 is 0. The van der Waals surface area contributed by atoms with E-state index in [0.717, 1.165) is 19.0 Å². The van der Waals surface area contributed by atoms with E-state index in [4.69, 9.17) is 0 Å². The lowest BCUT2D eigenvalue weighted by Crippen LogP contribution is -2.37. The summed E-state index contributed by atoms with van der Waals surface area (Å²) in [6, 6.07) is 0.754. The molecule has 2 heteroatoms. The zero-order chi connectivity index (χ0) is 9.80. The van der Waals surface area contributed by atoms with E-state index < -0.39 is 0 Å². The highest BCUT2D eigenvalue weighted by Crippen LogP contribution is 2.25. The number of aliphatic hydroxyl groups excluding tert-OH is 1. The topological polar surface area (TPSA) is 32.3 Å². The van der Waals surface area contributed by atoms with Gasteiger partial charge >= 0.3 is 0 Å². The molecule has 0 aromatic carbocycles. The second-order valence-electron chi connectivity index (χ2n) is 5.00. The zero-order valence-corrected chi connectivity index (χ0v) is 9.04. The lowest BCUT2D eigenvalue weighted by molar-refractivity contribution is 0.0682. The molecular formula is C12H23NO. The average molecular weight is 197 g/mol. The van der Waals surface area contributed by atoms with Crippen LogP contribution in [-0.2, 0) is 0 Å².